The molecule has 1 aromatic carbocycles. The molecule has 1 saturated heterocycles. The molecule has 25 heavy (non-hydrogen) atoms. The third-order valence-corrected chi connectivity index (χ3v) is 6.83. The molecule has 0 bridgehead atoms. The molecule has 0 radical (unpaired) electrons. The summed E-state index contributed by atoms with van der Waals surface area (Å²) in [5.74, 6) is 0.341. The van der Waals surface area contributed by atoms with E-state index in [2.05, 4.69) is 5.32 Å². The number of hydrogen-bond donors (Lipinski definition) is 1. The molecule has 1 saturated carbocycles. The molecule has 1 heterocycles. The van der Waals surface area contributed by atoms with Crippen molar-refractivity contribution in [1.82, 2.24) is 4.31 Å². The Balaban J connectivity index is 1.80. The average Bonchev–Trinajstić information content (AvgIpc) is 2.95. The number of methoxy groups -OCH3 is 1. The number of amides is 1. The van der Waals surface area contributed by atoms with E-state index in [9.17, 15) is 13.2 Å². The van der Waals surface area contributed by atoms with E-state index >= 15 is 0 Å². The summed E-state index contributed by atoms with van der Waals surface area (Å²) in [4.78, 5) is 13.0. The number of carbonyl (C=O) groups is 1. The molecule has 2 aliphatic rings. The van der Waals surface area contributed by atoms with Gasteiger partial charge in [0.25, 0.3) is 0 Å². The third-order valence-electron chi connectivity index (χ3n) is 5.61. The second-order valence-corrected chi connectivity index (χ2v) is 9.23. The average molecular weight is 366 g/mol. The monoisotopic (exact) mass is 366 g/mol. The van der Waals surface area contributed by atoms with Gasteiger partial charge in [-0.3, -0.25) is 4.79 Å². The van der Waals surface area contributed by atoms with Crippen LogP contribution in [0, 0.1) is 11.3 Å². The van der Waals surface area contributed by atoms with Crippen LogP contribution in [0.4, 0.5) is 5.69 Å². The Kier molecular flexibility index (Phi) is 5.06. The van der Waals surface area contributed by atoms with Crippen molar-refractivity contribution in [2.75, 3.05) is 31.8 Å². The zero-order chi connectivity index (χ0) is 18.1. The maximum atomic E-state index is 13.0. The molecule has 1 spiro atoms. The summed E-state index contributed by atoms with van der Waals surface area (Å²) < 4.78 is 30.7. The zero-order valence-corrected chi connectivity index (χ0v) is 15.6. The molecular formula is C18H26N2O4S. The molecule has 7 heteroatoms. The van der Waals surface area contributed by atoms with Crippen LogP contribution in [0.15, 0.2) is 24.3 Å². The number of carbonyl (C=O) groups excluding carboxylic acids is 1. The lowest BCUT2D eigenvalue weighted by atomic mass is 9.67. The van der Waals surface area contributed by atoms with Crippen molar-refractivity contribution in [1.29, 1.82) is 0 Å². The molecule has 2 fully saturated rings. The maximum Gasteiger partial charge on any atom is 0.229 e. The lowest BCUT2D eigenvalue weighted by molar-refractivity contribution is -0.123. The van der Waals surface area contributed by atoms with Gasteiger partial charge < -0.3 is 10.1 Å². The Morgan fingerprint density at radius 3 is 2.40 bits per heavy atom. The van der Waals surface area contributed by atoms with E-state index < -0.39 is 10.0 Å². The highest BCUT2D eigenvalue weighted by Gasteiger charge is 2.52. The van der Waals surface area contributed by atoms with Crippen LogP contribution >= 0.6 is 0 Å². The molecule has 0 unspecified atom stereocenters. The van der Waals surface area contributed by atoms with Gasteiger partial charge in [-0.05, 0) is 42.5 Å². The van der Waals surface area contributed by atoms with Crippen LogP contribution in [-0.2, 0) is 14.8 Å². The van der Waals surface area contributed by atoms with Crippen molar-refractivity contribution in [3.63, 3.8) is 0 Å². The third kappa shape index (κ3) is 3.82. The number of nitrogens with one attached hydrogen (secondary N) is 1. The van der Waals surface area contributed by atoms with E-state index in [-0.39, 0.29) is 23.8 Å². The van der Waals surface area contributed by atoms with Gasteiger partial charge in [-0.25, -0.2) is 12.7 Å². The number of sulfonamides is 1. The fraction of sp³-hybridized carbons (Fsp3) is 0.611. The van der Waals surface area contributed by atoms with Crippen molar-refractivity contribution in [3.05, 3.63) is 24.3 Å². The van der Waals surface area contributed by atoms with E-state index in [0.717, 1.165) is 37.9 Å². The Hall–Kier alpha value is -1.60. The van der Waals surface area contributed by atoms with Gasteiger partial charge in [0.1, 0.15) is 5.75 Å². The molecule has 6 nitrogen and oxygen atoms in total. The van der Waals surface area contributed by atoms with E-state index in [1.54, 1.807) is 31.4 Å². The van der Waals surface area contributed by atoms with Crippen molar-refractivity contribution in [3.8, 4) is 5.75 Å². The first kappa shape index (κ1) is 18.2. The van der Waals surface area contributed by atoms with Crippen molar-refractivity contribution < 1.29 is 17.9 Å². The molecule has 1 N–H and O–H groups in total. The fourth-order valence-corrected chi connectivity index (χ4v) is 5.11. The molecule has 1 amide bonds. The van der Waals surface area contributed by atoms with Gasteiger partial charge in [-0.2, -0.15) is 0 Å². The van der Waals surface area contributed by atoms with Gasteiger partial charge >= 0.3 is 0 Å². The lowest BCUT2D eigenvalue weighted by Gasteiger charge is -2.37. The number of rotatable bonds is 4. The van der Waals surface area contributed by atoms with Crippen LogP contribution in [0.25, 0.3) is 0 Å². The largest absolute Gasteiger partial charge is 0.497 e. The van der Waals surface area contributed by atoms with Crippen LogP contribution in [0.2, 0.25) is 0 Å². The SMILES string of the molecule is COc1ccc(NC(=O)[C@H]2CN(S(C)(=O)=O)CC23CCCCC3)cc1. The summed E-state index contributed by atoms with van der Waals surface area (Å²) in [5, 5.41) is 2.96. The van der Waals surface area contributed by atoms with Gasteiger partial charge in [0.2, 0.25) is 15.9 Å². The van der Waals surface area contributed by atoms with E-state index in [0.29, 0.717) is 12.2 Å². The zero-order valence-electron chi connectivity index (χ0n) is 14.8. The normalized spacial score (nSPS) is 23.5. The smallest absolute Gasteiger partial charge is 0.229 e. The highest BCUT2D eigenvalue weighted by Crippen LogP contribution is 2.48. The van der Waals surface area contributed by atoms with Gasteiger partial charge in [0.15, 0.2) is 0 Å². The number of nitrogens with zero attached hydrogens (tertiary/aromatic N) is 1. The second kappa shape index (κ2) is 6.96. The molecule has 1 atom stereocenters. The summed E-state index contributed by atoms with van der Waals surface area (Å²) in [6.07, 6.45) is 6.34. The van der Waals surface area contributed by atoms with E-state index in [4.69, 9.17) is 4.74 Å². The maximum absolute atomic E-state index is 13.0. The molecule has 0 aromatic heterocycles. The summed E-state index contributed by atoms with van der Waals surface area (Å²) in [7, 11) is -1.69. The second-order valence-electron chi connectivity index (χ2n) is 7.25. The standard InChI is InChI=1S/C18H26N2O4S/c1-24-15-8-6-14(7-9-15)19-17(21)16-12-20(25(2,22)23)13-18(16)10-4-3-5-11-18/h6-9,16H,3-5,10-13H2,1-2H3,(H,19,21)/t16-/m1/s1. The summed E-state index contributed by atoms with van der Waals surface area (Å²) in [6.45, 7) is 0.743. The lowest BCUT2D eigenvalue weighted by Crippen LogP contribution is -2.39. The van der Waals surface area contributed by atoms with Crippen molar-refractivity contribution >= 4 is 21.6 Å². The van der Waals surface area contributed by atoms with E-state index in [1.807, 2.05) is 0 Å². The van der Waals surface area contributed by atoms with Crippen molar-refractivity contribution in [2.24, 2.45) is 11.3 Å². The molecular weight excluding hydrogens is 340 g/mol. The Bertz CT molecular complexity index is 724. The molecule has 1 aliphatic carbocycles. The quantitative estimate of drug-likeness (QED) is 0.888. The van der Waals surface area contributed by atoms with Gasteiger partial charge in [0, 0.05) is 18.8 Å². The minimum Gasteiger partial charge on any atom is -0.497 e. The van der Waals surface area contributed by atoms with Crippen molar-refractivity contribution in [2.45, 2.75) is 32.1 Å². The highest BCUT2D eigenvalue weighted by atomic mass is 32.2. The van der Waals surface area contributed by atoms with Gasteiger partial charge in [-0.15, -0.1) is 0 Å². The van der Waals surface area contributed by atoms with Gasteiger partial charge in [-0.1, -0.05) is 19.3 Å². The number of anilines is 1. The number of hydrogen-bond acceptors (Lipinski definition) is 4. The Morgan fingerprint density at radius 2 is 1.84 bits per heavy atom. The Labute approximate surface area is 149 Å². The fourth-order valence-electron chi connectivity index (χ4n) is 4.20. The Morgan fingerprint density at radius 1 is 1.20 bits per heavy atom. The molecule has 3 rings (SSSR count). The van der Waals surface area contributed by atoms with Crippen LogP contribution in [-0.4, -0.2) is 45.1 Å². The first-order chi connectivity index (χ1) is 11.8. The first-order valence-electron chi connectivity index (χ1n) is 8.74. The molecule has 1 aromatic rings. The summed E-state index contributed by atoms with van der Waals surface area (Å²) >= 11 is 0. The van der Waals surface area contributed by atoms with Gasteiger partial charge in [0.05, 0.1) is 19.3 Å². The predicted octanol–water partition coefficient (Wildman–Crippen LogP) is 2.48. The topological polar surface area (TPSA) is 75.7 Å². The summed E-state index contributed by atoms with van der Waals surface area (Å²) in [6, 6.07) is 7.19. The van der Waals surface area contributed by atoms with Crippen LogP contribution in [0.3, 0.4) is 0 Å². The molecule has 1 aliphatic heterocycles. The van der Waals surface area contributed by atoms with E-state index in [1.165, 1.54) is 10.6 Å². The van der Waals surface area contributed by atoms with Crippen LogP contribution < -0.4 is 10.1 Å². The molecule has 138 valence electrons. The van der Waals surface area contributed by atoms with Crippen LogP contribution in [0.5, 0.6) is 5.75 Å². The first-order valence-corrected chi connectivity index (χ1v) is 10.6. The number of ether oxygens (including phenoxy) is 1. The van der Waals surface area contributed by atoms with Crippen LogP contribution in [0.1, 0.15) is 32.1 Å². The minimum absolute atomic E-state index is 0.0850. The predicted molar refractivity (Wildman–Crippen MR) is 97.0 cm³/mol. The number of benzene rings is 1. The minimum atomic E-state index is -3.29. The highest BCUT2D eigenvalue weighted by molar-refractivity contribution is 7.88. The summed E-state index contributed by atoms with van der Waals surface area (Å²) in [5.41, 5.74) is 0.479.